The molecule has 3 amide bonds. The minimum Gasteiger partial charge on any atom is -0.444 e. The summed E-state index contributed by atoms with van der Waals surface area (Å²) in [4.78, 5) is 25.6. The van der Waals surface area contributed by atoms with Crippen molar-refractivity contribution >= 4 is 17.8 Å². The highest BCUT2D eigenvalue weighted by molar-refractivity contribution is 5.89. The van der Waals surface area contributed by atoms with E-state index in [0.717, 1.165) is 6.07 Å². The Kier molecular flexibility index (Phi) is 5.81. The molecule has 25 heavy (non-hydrogen) atoms. The van der Waals surface area contributed by atoms with Crippen LogP contribution < -0.4 is 10.6 Å². The zero-order valence-electron chi connectivity index (χ0n) is 14.6. The van der Waals surface area contributed by atoms with E-state index in [0.29, 0.717) is 25.5 Å². The zero-order chi connectivity index (χ0) is 18.6. The van der Waals surface area contributed by atoms with Gasteiger partial charge < -0.3 is 20.3 Å². The van der Waals surface area contributed by atoms with Crippen LogP contribution in [0.3, 0.4) is 0 Å². The number of hydrogen-bond donors (Lipinski definition) is 2. The van der Waals surface area contributed by atoms with Gasteiger partial charge in [0.05, 0.1) is 5.69 Å². The molecule has 1 aliphatic rings. The van der Waals surface area contributed by atoms with Crippen molar-refractivity contribution in [1.82, 2.24) is 10.2 Å². The highest BCUT2D eigenvalue weighted by Gasteiger charge is 2.27. The summed E-state index contributed by atoms with van der Waals surface area (Å²) < 4.78 is 31.8. The van der Waals surface area contributed by atoms with E-state index >= 15 is 0 Å². The number of ether oxygens (including phenoxy) is 1. The lowest BCUT2D eigenvalue weighted by atomic mass is 10.1. The highest BCUT2D eigenvalue weighted by atomic mass is 19.1. The van der Waals surface area contributed by atoms with Crippen LogP contribution in [0.1, 0.15) is 33.6 Å². The van der Waals surface area contributed by atoms with Crippen molar-refractivity contribution < 1.29 is 23.1 Å². The van der Waals surface area contributed by atoms with Crippen molar-refractivity contribution in [2.75, 3.05) is 18.4 Å². The fourth-order valence-corrected chi connectivity index (χ4v) is 2.54. The molecule has 0 spiro atoms. The van der Waals surface area contributed by atoms with Gasteiger partial charge in [0, 0.05) is 25.2 Å². The molecule has 1 unspecified atom stereocenters. The number of carbonyl (C=O) groups is 2. The normalized spacial score (nSPS) is 17.8. The Morgan fingerprint density at radius 3 is 2.64 bits per heavy atom. The van der Waals surface area contributed by atoms with Crippen LogP contribution in [0, 0.1) is 11.6 Å². The van der Waals surface area contributed by atoms with E-state index < -0.39 is 29.4 Å². The SMILES string of the molecule is CC(C)(C)OC(=O)NC1CCCN(C(=O)Nc2ccc(F)cc2F)C1. The molecule has 1 aliphatic heterocycles. The number of amides is 3. The Hall–Kier alpha value is -2.38. The molecule has 0 aliphatic carbocycles. The number of piperidine rings is 1. The van der Waals surface area contributed by atoms with Crippen molar-refractivity contribution in [1.29, 1.82) is 0 Å². The standard InChI is InChI=1S/C17H23F2N3O3/c1-17(2,3)25-16(24)20-12-5-4-8-22(10-12)15(23)21-14-7-6-11(18)9-13(14)19/h6-7,9,12H,4-5,8,10H2,1-3H3,(H,20,24)(H,21,23). The molecule has 1 heterocycles. The zero-order valence-corrected chi connectivity index (χ0v) is 14.6. The number of rotatable bonds is 2. The maximum absolute atomic E-state index is 13.6. The number of nitrogens with one attached hydrogen (secondary N) is 2. The predicted octanol–water partition coefficient (Wildman–Crippen LogP) is 3.49. The first-order chi connectivity index (χ1) is 11.6. The van der Waals surface area contributed by atoms with Crippen LogP contribution in [-0.4, -0.2) is 41.8 Å². The van der Waals surface area contributed by atoms with Crippen LogP contribution in [0.5, 0.6) is 0 Å². The number of nitrogens with zero attached hydrogens (tertiary/aromatic N) is 1. The molecule has 138 valence electrons. The van der Waals surface area contributed by atoms with Gasteiger partial charge in [-0.25, -0.2) is 18.4 Å². The van der Waals surface area contributed by atoms with Gasteiger partial charge in [-0.2, -0.15) is 0 Å². The topological polar surface area (TPSA) is 70.7 Å². The molecular weight excluding hydrogens is 332 g/mol. The quantitative estimate of drug-likeness (QED) is 0.853. The highest BCUT2D eigenvalue weighted by Crippen LogP contribution is 2.17. The Bertz CT molecular complexity index is 647. The lowest BCUT2D eigenvalue weighted by Crippen LogP contribution is -2.51. The lowest BCUT2D eigenvalue weighted by molar-refractivity contribution is 0.0480. The first-order valence-corrected chi connectivity index (χ1v) is 8.14. The number of carbonyl (C=O) groups excluding carboxylic acids is 2. The Morgan fingerprint density at radius 1 is 1.28 bits per heavy atom. The molecule has 1 aromatic rings. The number of halogens is 2. The molecular formula is C17H23F2N3O3. The minimum absolute atomic E-state index is 0.0892. The second-order valence-electron chi connectivity index (χ2n) is 6.99. The smallest absolute Gasteiger partial charge is 0.407 e. The van der Waals surface area contributed by atoms with Gasteiger partial charge in [0.1, 0.15) is 17.2 Å². The lowest BCUT2D eigenvalue weighted by Gasteiger charge is -2.33. The summed E-state index contributed by atoms with van der Waals surface area (Å²) in [5, 5.41) is 5.16. The van der Waals surface area contributed by atoms with Gasteiger partial charge in [0.15, 0.2) is 0 Å². The van der Waals surface area contributed by atoms with E-state index in [4.69, 9.17) is 4.74 Å². The molecule has 0 radical (unpaired) electrons. The Labute approximate surface area is 145 Å². The predicted molar refractivity (Wildman–Crippen MR) is 89.3 cm³/mol. The van der Waals surface area contributed by atoms with E-state index in [2.05, 4.69) is 10.6 Å². The van der Waals surface area contributed by atoms with E-state index in [1.807, 2.05) is 0 Å². The van der Waals surface area contributed by atoms with Crippen LogP contribution in [-0.2, 0) is 4.74 Å². The fourth-order valence-electron chi connectivity index (χ4n) is 2.54. The maximum Gasteiger partial charge on any atom is 0.407 e. The van der Waals surface area contributed by atoms with Crippen LogP contribution >= 0.6 is 0 Å². The molecule has 1 atom stereocenters. The Morgan fingerprint density at radius 2 is 2.00 bits per heavy atom. The summed E-state index contributed by atoms with van der Waals surface area (Å²) in [5.74, 6) is -1.55. The van der Waals surface area contributed by atoms with E-state index in [-0.39, 0.29) is 18.3 Å². The largest absolute Gasteiger partial charge is 0.444 e. The van der Waals surface area contributed by atoms with Crippen LogP contribution in [0.4, 0.5) is 24.1 Å². The van der Waals surface area contributed by atoms with E-state index in [1.54, 1.807) is 20.8 Å². The molecule has 1 saturated heterocycles. The number of anilines is 1. The Balaban J connectivity index is 1.91. The number of urea groups is 1. The second-order valence-corrected chi connectivity index (χ2v) is 6.99. The average molecular weight is 355 g/mol. The summed E-state index contributed by atoms with van der Waals surface area (Å²) >= 11 is 0. The van der Waals surface area contributed by atoms with Crippen LogP contribution in [0.25, 0.3) is 0 Å². The van der Waals surface area contributed by atoms with Crippen molar-refractivity contribution in [2.24, 2.45) is 0 Å². The molecule has 0 aromatic heterocycles. The van der Waals surface area contributed by atoms with E-state index in [1.165, 1.54) is 11.0 Å². The molecule has 1 aromatic carbocycles. The first-order valence-electron chi connectivity index (χ1n) is 8.14. The summed E-state index contributed by atoms with van der Waals surface area (Å²) in [6.45, 7) is 6.08. The van der Waals surface area contributed by atoms with Gasteiger partial charge >= 0.3 is 12.1 Å². The van der Waals surface area contributed by atoms with Gasteiger partial charge in [0.2, 0.25) is 0 Å². The van der Waals surface area contributed by atoms with Crippen LogP contribution in [0.15, 0.2) is 18.2 Å². The molecule has 2 N–H and O–H groups in total. The summed E-state index contributed by atoms with van der Waals surface area (Å²) in [5.41, 5.74) is -0.691. The average Bonchev–Trinajstić information content (AvgIpc) is 2.48. The van der Waals surface area contributed by atoms with Crippen molar-refractivity contribution in [2.45, 2.75) is 45.3 Å². The number of likely N-dealkylation sites (tertiary alicyclic amines) is 1. The van der Waals surface area contributed by atoms with Gasteiger partial charge in [-0.3, -0.25) is 0 Å². The third-order valence-corrected chi connectivity index (χ3v) is 3.60. The summed E-state index contributed by atoms with van der Waals surface area (Å²) in [6.07, 6.45) is 0.873. The van der Waals surface area contributed by atoms with E-state index in [9.17, 15) is 18.4 Å². The van der Waals surface area contributed by atoms with Crippen molar-refractivity contribution in [3.8, 4) is 0 Å². The molecule has 0 bridgehead atoms. The fraction of sp³-hybridized carbons (Fsp3) is 0.529. The third kappa shape index (κ3) is 5.88. The van der Waals surface area contributed by atoms with Gasteiger partial charge in [-0.05, 0) is 45.7 Å². The van der Waals surface area contributed by atoms with Gasteiger partial charge in [-0.1, -0.05) is 0 Å². The monoisotopic (exact) mass is 355 g/mol. The van der Waals surface area contributed by atoms with Gasteiger partial charge in [0.25, 0.3) is 0 Å². The number of hydrogen-bond acceptors (Lipinski definition) is 3. The number of alkyl carbamates (subject to hydrolysis) is 1. The third-order valence-electron chi connectivity index (χ3n) is 3.60. The minimum atomic E-state index is -0.839. The van der Waals surface area contributed by atoms with Crippen LogP contribution in [0.2, 0.25) is 0 Å². The second kappa shape index (κ2) is 7.67. The summed E-state index contributed by atoms with van der Waals surface area (Å²) in [7, 11) is 0. The maximum atomic E-state index is 13.6. The van der Waals surface area contributed by atoms with Gasteiger partial charge in [-0.15, -0.1) is 0 Å². The summed E-state index contributed by atoms with van der Waals surface area (Å²) in [6, 6.07) is 2.21. The molecule has 6 nitrogen and oxygen atoms in total. The van der Waals surface area contributed by atoms with Crippen molar-refractivity contribution in [3.05, 3.63) is 29.8 Å². The molecule has 8 heteroatoms. The molecule has 2 rings (SSSR count). The molecule has 0 saturated carbocycles. The van der Waals surface area contributed by atoms with Crippen molar-refractivity contribution in [3.63, 3.8) is 0 Å². The number of benzene rings is 1. The molecule has 1 fully saturated rings. The first kappa shape index (κ1) is 19.0.